The highest BCUT2D eigenvalue weighted by molar-refractivity contribution is 7.17. The summed E-state index contributed by atoms with van der Waals surface area (Å²) in [7, 11) is 0. The minimum Gasteiger partial charge on any atom is -0.408 e. The van der Waals surface area contributed by atoms with Crippen molar-refractivity contribution in [2.24, 2.45) is 0 Å². The van der Waals surface area contributed by atoms with Crippen LogP contribution in [0, 0.1) is 0 Å². The molecule has 0 saturated heterocycles. The lowest BCUT2D eigenvalue weighted by Crippen LogP contribution is -2.18. The van der Waals surface area contributed by atoms with E-state index in [1.165, 1.54) is 11.3 Å². The van der Waals surface area contributed by atoms with E-state index in [0.29, 0.717) is 39.6 Å². The Kier molecular flexibility index (Phi) is 4.34. The first-order chi connectivity index (χ1) is 14.1. The number of benzene rings is 2. The first-order valence-corrected chi connectivity index (χ1v) is 10.2. The Morgan fingerprint density at radius 3 is 2.72 bits per heavy atom. The van der Waals surface area contributed by atoms with Gasteiger partial charge in [0.1, 0.15) is 10.7 Å². The standard InChI is InChI=1S/C21H14ClN3O3S/c22-14-6-2-1-5-12(14)13-11-29-20-18(13)19(26)23-17(24-20)9-10-25-15-7-3-4-8-16(15)28-21(25)27/h1-8,11H,9-10H2,(H,23,24,26). The van der Waals surface area contributed by atoms with E-state index in [-0.39, 0.29) is 5.56 Å². The molecule has 5 rings (SSSR count). The number of H-pyrrole nitrogens is 1. The third kappa shape index (κ3) is 3.08. The molecule has 1 N–H and O–H groups in total. The zero-order valence-corrected chi connectivity index (χ0v) is 16.6. The normalized spacial score (nSPS) is 11.5. The molecule has 0 fully saturated rings. The fourth-order valence-corrected chi connectivity index (χ4v) is 4.63. The summed E-state index contributed by atoms with van der Waals surface area (Å²) in [5.41, 5.74) is 2.62. The maximum atomic E-state index is 12.8. The Balaban J connectivity index is 1.51. The number of halogens is 1. The highest BCUT2D eigenvalue weighted by atomic mass is 35.5. The largest absolute Gasteiger partial charge is 0.419 e. The molecule has 0 aliphatic rings. The van der Waals surface area contributed by atoms with Crippen molar-refractivity contribution in [1.29, 1.82) is 0 Å². The number of aromatic nitrogens is 3. The zero-order valence-electron chi connectivity index (χ0n) is 15.0. The van der Waals surface area contributed by atoms with E-state index in [4.69, 9.17) is 16.0 Å². The van der Waals surface area contributed by atoms with Crippen LogP contribution in [0.1, 0.15) is 5.82 Å². The van der Waals surface area contributed by atoms with Crippen LogP contribution in [-0.4, -0.2) is 14.5 Å². The highest BCUT2D eigenvalue weighted by Crippen LogP contribution is 2.34. The lowest BCUT2D eigenvalue weighted by Gasteiger charge is -2.04. The molecule has 3 heterocycles. The molecule has 0 bridgehead atoms. The van der Waals surface area contributed by atoms with Crippen LogP contribution >= 0.6 is 22.9 Å². The number of rotatable bonds is 4. The molecule has 144 valence electrons. The number of nitrogens with one attached hydrogen (secondary N) is 1. The van der Waals surface area contributed by atoms with Gasteiger partial charge in [0.2, 0.25) is 0 Å². The van der Waals surface area contributed by atoms with Crippen molar-refractivity contribution in [2.75, 3.05) is 0 Å². The van der Waals surface area contributed by atoms with Crippen molar-refractivity contribution < 1.29 is 4.42 Å². The van der Waals surface area contributed by atoms with Crippen LogP contribution in [0.25, 0.3) is 32.4 Å². The predicted molar refractivity (Wildman–Crippen MR) is 115 cm³/mol. The van der Waals surface area contributed by atoms with Crippen LogP contribution in [0.4, 0.5) is 0 Å². The maximum absolute atomic E-state index is 12.8. The molecule has 0 unspecified atom stereocenters. The quantitative estimate of drug-likeness (QED) is 0.463. The van der Waals surface area contributed by atoms with Crippen molar-refractivity contribution in [3.8, 4) is 11.1 Å². The second-order valence-corrected chi connectivity index (χ2v) is 7.82. The molecule has 3 aromatic heterocycles. The van der Waals surface area contributed by atoms with Gasteiger partial charge in [0.15, 0.2) is 5.58 Å². The third-order valence-electron chi connectivity index (χ3n) is 4.80. The van der Waals surface area contributed by atoms with Gasteiger partial charge in [-0.2, -0.15) is 0 Å². The van der Waals surface area contributed by atoms with Gasteiger partial charge in [0.05, 0.1) is 10.9 Å². The molecular weight excluding hydrogens is 410 g/mol. The van der Waals surface area contributed by atoms with E-state index in [2.05, 4.69) is 9.97 Å². The molecule has 0 radical (unpaired) electrons. The van der Waals surface area contributed by atoms with Crippen LogP contribution in [-0.2, 0) is 13.0 Å². The lowest BCUT2D eigenvalue weighted by atomic mass is 10.1. The number of hydrogen-bond acceptors (Lipinski definition) is 5. The number of hydrogen-bond donors (Lipinski definition) is 1. The zero-order chi connectivity index (χ0) is 20.0. The molecule has 0 atom stereocenters. The van der Waals surface area contributed by atoms with E-state index >= 15 is 0 Å². The monoisotopic (exact) mass is 423 g/mol. The predicted octanol–water partition coefficient (Wildman–Crippen LogP) is 4.46. The van der Waals surface area contributed by atoms with Gasteiger partial charge in [-0.05, 0) is 18.2 Å². The average molecular weight is 424 g/mol. The van der Waals surface area contributed by atoms with Gasteiger partial charge in [0.25, 0.3) is 5.56 Å². The van der Waals surface area contributed by atoms with Gasteiger partial charge in [-0.25, -0.2) is 9.78 Å². The number of nitrogens with zero attached hydrogens (tertiary/aromatic N) is 2. The number of para-hydroxylation sites is 2. The van der Waals surface area contributed by atoms with E-state index in [9.17, 15) is 9.59 Å². The van der Waals surface area contributed by atoms with Crippen LogP contribution in [0.15, 0.2) is 67.9 Å². The number of aromatic amines is 1. The topological polar surface area (TPSA) is 80.9 Å². The van der Waals surface area contributed by atoms with Gasteiger partial charge in [-0.15, -0.1) is 11.3 Å². The SMILES string of the molecule is O=c1[nH]c(CCn2c(=O)oc3ccccc32)nc2scc(-c3ccccc3Cl)c12. The second kappa shape index (κ2) is 7.02. The van der Waals surface area contributed by atoms with E-state index in [1.54, 1.807) is 16.7 Å². The summed E-state index contributed by atoms with van der Waals surface area (Å²) >= 11 is 7.70. The molecule has 0 amide bonds. The number of thiophene rings is 1. The lowest BCUT2D eigenvalue weighted by molar-refractivity contribution is 0.503. The second-order valence-electron chi connectivity index (χ2n) is 6.56. The smallest absolute Gasteiger partial charge is 0.408 e. The fraction of sp³-hybridized carbons (Fsp3) is 0.0952. The molecule has 0 spiro atoms. The van der Waals surface area contributed by atoms with Gasteiger partial charge in [-0.3, -0.25) is 9.36 Å². The molecule has 0 aliphatic carbocycles. The Labute approximate surface area is 173 Å². The highest BCUT2D eigenvalue weighted by Gasteiger charge is 2.15. The summed E-state index contributed by atoms with van der Waals surface area (Å²) in [4.78, 5) is 33.0. The summed E-state index contributed by atoms with van der Waals surface area (Å²) in [6.45, 7) is 0.354. The fourth-order valence-electron chi connectivity index (χ4n) is 3.43. The van der Waals surface area contributed by atoms with Crippen molar-refractivity contribution in [3.05, 3.63) is 85.7 Å². The van der Waals surface area contributed by atoms with Crippen molar-refractivity contribution >= 4 is 44.3 Å². The maximum Gasteiger partial charge on any atom is 0.419 e. The van der Waals surface area contributed by atoms with E-state index in [0.717, 1.165) is 16.6 Å². The molecular formula is C21H14ClN3O3S. The van der Waals surface area contributed by atoms with Crippen molar-refractivity contribution in [3.63, 3.8) is 0 Å². The van der Waals surface area contributed by atoms with Crippen molar-refractivity contribution in [2.45, 2.75) is 13.0 Å². The van der Waals surface area contributed by atoms with Gasteiger partial charge < -0.3 is 9.40 Å². The van der Waals surface area contributed by atoms with E-state index in [1.807, 2.05) is 41.8 Å². The van der Waals surface area contributed by atoms with Crippen LogP contribution in [0.5, 0.6) is 0 Å². The molecule has 2 aromatic carbocycles. The summed E-state index contributed by atoms with van der Waals surface area (Å²) in [6, 6.07) is 14.7. The van der Waals surface area contributed by atoms with Gasteiger partial charge in [0, 0.05) is 34.5 Å². The van der Waals surface area contributed by atoms with Gasteiger partial charge in [-0.1, -0.05) is 41.9 Å². The Morgan fingerprint density at radius 1 is 1.07 bits per heavy atom. The summed E-state index contributed by atoms with van der Waals surface area (Å²) in [5, 5.41) is 3.01. The number of aryl methyl sites for hydroxylation is 2. The number of oxazole rings is 1. The minimum atomic E-state index is -0.424. The molecule has 0 aliphatic heterocycles. The molecule has 6 nitrogen and oxygen atoms in total. The van der Waals surface area contributed by atoms with Crippen LogP contribution < -0.4 is 11.3 Å². The van der Waals surface area contributed by atoms with Crippen LogP contribution in [0.2, 0.25) is 5.02 Å². The minimum absolute atomic E-state index is 0.217. The summed E-state index contributed by atoms with van der Waals surface area (Å²) < 4.78 is 6.79. The summed E-state index contributed by atoms with van der Waals surface area (Å²) in [5.74, 6) is 0.0963. The van der Waals surface area contributed by atoms with Gasteiger partial charge >= 0.3 is 5.76 Å². The average Bonchev–Trinajstić information content (AvgIpc) is 3.27. The van der Waals surface area contributed by atoms with Crippen molar-refractivity contribution in [1.82, 2.24) is 14.5 Å². The first-order valence-electron chi connectivity index (χ1n) is 8.95. The molecule has 5 aromatic rings. The first kappa shape index (κ1) is 17.9. The van der Waals surface area contributed by atoms with Crippen LogP contribution in [0.3, 0.4) is 0 Å². The molecule has 8 heteroatoms. The summed E-state index contributed by atoms with van der Waals surface area (Å²) in [6.07, 6.45) is 0.397. The molecule has 29 heavy (non-hydrogen) atoms. The Morgan fingerprint density at radius 2 is 1.86 bits per heavy atom. The number of fused-ring (bicyclic) bond motifs is 2. The van der Waals surface area contributed by atoms with E-state index < -0.39 is 5.76 Å². The third-order valence-corrected chi connectivity index (χ3v) is 6.00. The Hall–Kier alpha value is -3.16. The Bertz CT molecular complexity index is 1480. The molecule has 0 saturated carbocycles.